The molecule has 1 aliphatic rings. The third-order valence-corrected chi connectivity index (χ3v) is 3.72. The molecule has 8 heteroatoms. The van der Waals surface area contributed by atoms with Crippen molar-refractivity contribution in [3.05, 3.63) is 67.9 Å². The van der Waals surface area contributed by atoms with Crippen molar-refractivity contribution >= 4 is 39.1 Å². The van der Waals surface area contributed by atoms with Crippen LogP contribution in [0.3, 0.4) is 0 Å². The number of benzene rings is 2. The number of nitro benzene ring substituents is 1. The van der Waals surface area contributed by atoms with Crippen LogP contribution in [0.2, 0.25) is 0 Å². The Morgan fingerprint density at radius 1 is 1.05 bits per heavy atom. The minimum atomic E-state index is -0.890. The van der Waals surface area contributed by atoms with Crippen LogP contribution >= 0.6 is 15.9 Å². The number of hydrogen-bond donors (Lipinski definition) is 0. The molecule has 22 heavy (non-hydrogen) atoms. The first kappa shape index (κ1) is 14.3. The van der Waals surface area contributed by atoms with Crippen molar-refractivity contribution in [3.63, 3.8) is 0 Å². The summed E-state index contributed by atoms with van der Waals surface area (Å²) < 4.78 is 14.5. The van der Waals surface area contributed by atoms with Crippen LogP contribution in [-0.2, 0) is 0 Å². The third kappa shape index (κ3) is 2.08. The van der Waals surface area contributed by atoms with Crippen LogP contribution in [-0.4, -0.2) is 16.7 Å². The second kappa shape index (κ2) is 4.99. The molecule has 2 aromatic carbocycles. The Morgan fingerprint density at radius 3 is 2.41 bits per heavy atom. The van der Waals surface area contributed by atoms with Crippen molar-refractivity contribution in [2.45, 2.75) is 0 Å². The molecule has 0 aromatic heterocycles. The highest BCUT2D eigenvalue weighted by molar-refractivity contribution is 9.10. The molecule has 0 radical (unpaired) electrons. The van der Waals surface area contributed by atoms with Crippen LogP contribution < -0.4 is 4.90 Å². The smallest absolute Gasteiger partial charge is 0.268 e. The standard InChI is InChI=1S/C14H6BrFN2O4/c15-7-1-3-9-10(5-7)14(20)17(13(9)19)12-6-8(18(21)22)2-4-11(12)16/h1-6H. The van der Waals surface area contributed by atoms with Gasteiger partial charge < -0.3 is 0 Å². The van der Waals surface area contributed by atoms with E-state index in [4.69, 9.17) is 0 Å². The van der Waals surface area contributed by atoms with E-state index in [9.17, 15) is 24.1 Å². The highest BCUT2D eigenvalue weighted by atomic mass is 79.9. The van der Waals surface area contributed by atoms with Crippen LogP contribution in [0, 0.1) is 15.9 Å². The second-order valence-electron chi connectivity index (χ2n) is 4.53. The van der Waals surface area contributed by atoms with Gasteiger partial charge in [-0.15, -0.1) is 0 Å². The van der Waals surface area contributed by atoms with E-state index < -0.39 is 33.9 Å². The molecule has 110 valence electrons. The molecule has 0 spiro atoms. The average Bonchev–Trinajstić information content (AvgIpc) is 2.71. The van der Waals surface area contributed by atoms with Crippen LogP contribution in [0.1, 0.15) is 20.7 Å². The Balaban J connectivity index is 2.15. The van der Waals surface area contributed by atoms with E-state index in [2.05, 4.69) is 15.9 Å². The van der Waals surface area contributed by atoms with Crippen molar-refractivity contribution in [2.24, 2.45) is 0 Å². The average molecular weight is 365 g/mol. The molecular formula is C14H6BrFN2O4. The molecule has 0 aliphatic carbocycles. The summed E-state index contributed by atoms with van der Waals surface area (Å²) in [6, 6.07) is 7.16. The number of nitro groups is 1. The lowest BCUT2D eigenvalue weighted by molar-refractivity contribution is -0.384. The van der Waals surface area contributed by atoms with Crippen molar-refractivity contribution in [3.8, 4) is 0 Å². The first-order valence-corrected chi connectivity index (χ1v) is 6.81. The molecule has 1 aliphatic heterocycles. The number of amides is 2. The minimum Gasteiger partial charge on any atom is -0.268 e. The summed E-state index contributed by atoms with van der Waals surface area (Å²) in [7, 11) is 0. The van der Waals surface area contributed by atoms with E-state index in [0.29, 0.717) is 9.37 Å². The Labute approximate surface area is 131 Å². The van der Waals surface area contributed by atoms with Crippen molar-refractivity contribution in [1.82, 2.24) is 0 Å². The number of carbonyl (C=O) groups is 2. The van der Waals surface area contributed by atoms with Gasteiger partial charge in [-0.05, 0) is 24.3 Å². The van der Waals surface area contributed by atoms with Crippen LogP contribution in [0.5, 0.6) is 0 Å². The first-order valence-electron chi connectivity index (χ1n) is 6.02. The maximum absolute atomic E-state index is 14.0. The van der Waals surface area contributed by atoms with E-state index in [0.717, 1.165) is 18.2 Å². The number of imide groups is 1. The molecule has 2 aromatic rings. The summed E-state index contributed by atoms with van der Waals surface area (Å²) in [5.41, 5.74) is -0.602. The van der Waals surface area contributed by atoms with E-state index in [1.165, 1.54) is 12.1 Å². The Bertz CT molecular complexity index is 853. The second-order valence-corrected chi connectivity index (χ2v) is 5.44. The summed E-state index contributed by atoms with van der Waals surface area (Å²) in [6.07, 6.45) is 0. The number of halogens is 2. The zero-order chi connectivity index (χ0) is 16.0. The predicted octanol–water partition coefficient (Wildman–Crippen LogP) is 3.30. The van der Waals surface area contributed by atoms with Gasteiger partial charge in [-0.25, -0.2) is 9.29 Å². The van der Waals surface area contributed by atoms with E-state index >= 15 is 0 Å². The fraction of sp³-hybridized carbons (Fsp3) is 0. The van der Waals surface area contributed by atoms with Gasteiger partial charge in [0, 0.05) is 16.6 Å². The monoisotopic (exact) mass is 364 g/mol. The topological polar surface area (TPSA) is 80.5 Å². The zero-order valence-corrected chi connectivity index (χ0v) is 12.3. The number of nitrogens with zero attached hydrogens (tertiary/aromatic N) is 2. The van der Waals surface area contributed by atoms with Gasteiger partial charge in [0.25, 0.3) is 17.5 Å². The quantitative estimate of drug-likeness (QED) is 0.465. The van der Waals surface area contributed by atoms with E-state index in [-0.39, 0.29) is 11.1 Å². The third-order valence-electron chi connectivity index (χ3n) is 3.23. The summed E-state index contributed by atoms with van der Waals surface area (Å²) in [5, 5.41) is 10.8. The van der Waals surface area contributed by atoms with Crippen molar-refractivity contribution in [2.75, 3.05) is 4.90 Å². The molecule has 1 heterocycles. The molecule has 0 N–H and O–H groups in total. The molecule has 6 nitrogen and oxygen atoms in total. The number of non-ortho nitro benzene ring substituents is 1. The van der Waals surface area contributed by atoms with Gasteiger partial charge in [0.1, 0.15) is 5.82 Å². The lowest BCUT2D eigenvalue weighted by atomic mass is 10.1. The van der Waals surface area contributed by atoms with Crippen LogP contribution in [0.4, 0.5) is 15.8 Å². The summed E-state index contributed by atoms with van der Waals surface area (Å²) in [4.78, 5) is 35.3. The molecule has 3 rings (SSSR count). The fourth-order valence-electron chi connectivity index (χ4n) is 2.22. The fourth-order valence-corrected chi connectivity index (χ4v) is 2.58. The van der Waals surface area contributed by atoms with Gasteiger partial charge in [-0.1, -0.05) is 15.9 Å². The van der Waals surface area contributed by atoms with Gasteiger partial charge >= 0.3 is 0 Å². The van der Waals surface area contributed by atoms with Gasteiger partial charge in [0.15, 0.2) is 0 Å². The number of carbonyl (C=O) groups excluding carboxylic acids is 2. The molecule has 0 saturated heterocycles. The number of anilines is 1. The van der Waals surface area contributed by atoms with Gasteiger partial charge in [-0.3, -0.25) is 19.7 Å². The summed E-state index contributed by atoms with van der Waals surface area (Å²) in [5.74, 6) is -2.33. The number of fused-ring (bicyclic) bond motifs is 1. The normalized spacial score (nSPS) is 13.5. The van der Waals surface area contributed by atoms with Gasteiger partial charge in [-0.2, -0.15) is 0 Å². The Hall–Kier alpha value is -2.61. The van der Waals surface area contributed by atoms with E-state index in [1.807, 2.05) is 0 Å². The molecule has 0 bridgehead atoms. The maximum atomic E-state index is 14.0. The number of hydrogen-bond acceptors (Lipinski definition) is 4. The largest absolute Gasteiger partial charge is 0.271 e. The van der Waals surface area contributed by atoms with E-state index in [1.54, 1.807) is 6.07 Å². The molecule has 0 fully saturated rings. The first-order chi connectivity index (χ1) is 10.4. The maximum Gasteiger partial charge on any atom is 0.271 e. The molecule has 2 amide bonds. The Morgan fingerprint density at radius 2 is 1.73 bits per heavy atom. The molecule has 0 atom stereocenters. The van der Waals surface area contributed by atoms with Gasteiger partial charge in [0.05, 0.1) is 21.7 Å². The Kier molecular flexibility index (Phi) is 3.25. The zero-order valence-electron chi connectivity index (χ0n) is 10.7. The van der Waals surface area contributed by atoms with Crippen LogP contribution in [0.15, 0.2) is 40.9 Å². The molecular weight excluding hydrogens is 359 g/mol. The number of rotatable bonds is 2. The SMILES string of the molecule is O=C1c2ccc(Br)cc2C(=O)N1c1cc([N+](=O)[O-])ccc1F. The lowest BCUT2D eigenvalue weighted by Gasteiger charge is -2.14. The summed E-state index contributed by atoms with van der Waals surface area (Å²) >= 11 is 3.19. The summed E-state index contributed by atoms with van der Waals surface area (Å²) in [6.45, 7) is 0. The van der Waals surface area contributed by atoms with Crippen LogP contribution in [0.25, 0.3) is 0 Å². The minimum absolute atomic E-state index is 0.116. The van der Waals surface area contributed by atoms with Crippen molar-refractivity contribution < 1.29 is 18.9 Å². The predicted molar refractivity (Wildman–Crippen MR) is 78.3 cm³/mol. The molecule has 0 saturated carbocycles. The van der Waals surface area contributed by atoms with Gasteiger partial charge in [0.2, 0.25) is 0 Å². The lowest BCUT2D eigenvalue weighted by Crippen LogP contribution is -2.30. The highest BCUT2D eigenvalue weighted by Crippen LogP contribution is 2.33. The molecule has 0 unspecified atom stereocenters. The highest BCUT2D eigenvalue weighted by Gasteiger charge is 2.38. The van der Waals surface area contributed by atoms with Crippen molar-refractivity contribution in [1.29, 1.82) is 0 Å².